The van der Waals surface area contributed by atoms with E-state index in [1.165, 1.54) is 12.1 Å². The van der Waals surface area contributed by atoms with Crippen LogP contribution in [-0.2, 0) is 19.6 Å². The van der Waals surface area contributed by atoms with Crippen molar-refractivity contribution in [1.29, 1.82) is 0 Å². The van der Waals surface area contributed by atoms with E-state index in [4.69, 9.17) is 4.74 Å². The van der Waals surface area contributed by atoms with Crippen LogP contribution in [0.1, 0.15) is 20.8 Å². The molecule has 0 amide bonds. The molecule has 0 aromatic heterocycles. The highest BCUT2D eigenvalue weighted by Crippen LogP contribution is 2.28. The molecule has 140 valence electrons. The second kappa shape index (κ2) is 9.21. The Labute approximate surface area is 159 Å². The first kappa shape index (κ1) is 20.5. The first-order chi connectivity index (χ1) is 12.3. The maximum atomic E-state index is 12.6. The highest BCUT2D eigenvalue weighted by Gasteiger charge is 2.29. The van der Waals surface area contributed by atoms with E-state index in [1.54, 1.807) is 44.7 Å². The maximum absolute atomic E-state index is 12.6. The van der Waals surface area contributed by atoms with E-state index in [-0.39, 0.29) is 17.4 Å². The fraction of sp³-hybridized carbons (Fsp3) is 0.316. The number of hydrogen-bond acceptors (Lipinski definition) is 5. The average Bonchev–Trinajstić information content (AvgIpc) is 2.61. The molecule has 0 saturated heterocycles. The van der Waals surface area contributed by atoms with Crippen molar-refractivity contribution in [2.75, 3.05) is 6.61 Å². The lowest BCUT2D eigenvalue weighted by Crippen LogP contribution is -2.45. The Morgan fingerprint density at radius 3 is 2.15 bits per heavy atom. The van der Waals surface area contributed by atoms with Gasteiger partial charge >= 0.3 is 5.97 Å². The van der Waals surface area contributed by atoms with Gasteiger partial charge in [0, 0.05) is 9.79 Å². The standard InChI is InChI=1S/C19H23NO4S2/c1-4-24-19(21)18(14(2)3)20-26(22,23)17-12-10-16(11-13-17)25-15-8-6-5-7-9-15/h5-14,18,20H,4H2,1-3H3/t18-/m0/s1. The molecule has 0 radical (unpaired) electrons. The van der Waals surface area contributed by atoms with Crippen molar-refractivity contribution in [3.63, 3.8) is 0 Å². The molecule has 0 saturated carbocycles. The minimum atomic E-state index is -3.82. The molecule has 0 heterocycles. The predicted octanol–water partition coefficient (Wildman–Crippen LogP) is 3.70. The summed E-state index contributed by atoms with van der Waals surface area (Å²) in [4.78, 5) is 14.1. The summed E-state index contributed by atoms with van der Waals surface area (Å²) in [5, 5.41) is 0. The summed E-state index contributed by atoms with van der Waals surface area (Å²) in [6, 6.07) is 15.5. The van der Waals surface area contributed by atoms with Gasteiger partial charge in [0.1, 0.15) is 6.04 Å². The average molecular weight is 394 g/mol. The zero-order valence-electron chi connectivity index (χ0n) is 15.0. The molecule has 7 heteroatoms. The molecule has 2 rings (SSSR count). The number of ether oxygens (including phenoxy) is 1. The van der Waals surface area contributed by atoms with Gasteiger partial charge < -0.3 is 4.74 Å². The number of carbonyl (C=O) groups excluding carboxylic acids is 1. The molecule has 0 aliphatic rings. The van der Waals surface area contributed by atoms with Gasteiger partial charge in [-0.3, -0.25) is 4.79 Å². The number of benzene rings is 2. The molecule has 0 unspecified atom stereocenters. The number of hydrogen-bond donors (Lipinski definition) is 1. The monoisotopic (exact) mass is 393 g/mol. The first-order valence-electron chi connectivity index (χ1n) is 8.35. The lowest BCUT2D eigenvalue weighted by Gasteiger charge is -2.20. The van der Waals surface area contributed by atoms with Crippen LogP contribution in [0.4, 0.5) is 0 Å². The minimum Gasteiger partial charge on any atom is -0.465 e. The van der Waals surface area contributed by atoms with Crippen LogP contribution in [0, 0.1) is 5.92 Å². The summed E-state index contributed by atoms with van der Waals surface area (Å²) < 4.78 is 32.6. The van der Waals surface area contributed by atoms with Gasteiger partial charge in [0.25, 0.3) is 0 Å². The van der Waals surface area contributed by atoms with Crippen LogP contribution in [0.25, 0.3) is 0 Å². The van der Waals surface area contributed by atoms with Crippen LogP contribution >= 0.6 is 11.8 Å². The Bertz CT molecular complexity index is 818. The van der Waals surface area contributed by atoms with E-state index in [0.29, 0.717) is 0 Å². The molecular weight excluding hydrogens is 370 g/mol. The summed E-state index contributed by atoms with van der Waals surface area (Å²) in [5.41, 5.74) is 0. The third-order valence-electron chi connectivity index (χ3n) is 3.60. The summed E-state index contributed by atoms with van der Waals surface area (Å²) in [6.45, 7) is 5.43. The maximum Gasteiger partial charge on any atom is 0.324 e. The number of nitrogens with one attached hydrogen (secondary N) is 1. The van der Waals surface area contributed by atoms with E-state index in [2.05, 4.69) is 4.72 Å². The van der Waals surface area contributed by atoms with E-state index >= 15 is 0 Å². The van der Waals surface area contributed by atoms with Gasteiger partial charge in [-0.1, -0.05) is 43.8 Å². The number of esters is 1. The van der Waals surface area contributed by atoms with Crippen LogP contribution < -0.4 is 4.72 Å². The quantitative estimate of drug-likeness (QED) is 0.692. The molecule has 0 bridgehead atoms. The number of carbonyl (C=O) groups is 1. The summed E-state index contributed by atoms with van der Waals surface area (Å²) in [5.74, 6) is -0.793. The molecule has 0 aliphatic heterocycles. The number of sulfonamides is 1. The Morgan fingerprint density at radius 1 is 1.04 bits per heavy atom. The van der Waals surface area contributed by atoms with Crippen molar-refractivity contribution in [3.8, 4) is 0 Å². The van der Waals surface area contributed by atoms with Gasteiger partial charge in [-0.05, 0) is 49.2 Å². The summed E-state index contributed by atoms with van der Waals surface area (Å²) in [7, 11) is -3.82. The van der Waals surface area contributed by atoms with Crippen molar-refractivity contribution in [2.24, 2.45) is 5.92 Å². The van der Waals surface area contributed by atoms with Crippen LogP contribution in [0.5, 0.6) is 0 Å². The fourth-order valence-corrected chi connectivity index (χ4v) is 4.41. The van der Waals surface area contributed by atoms with E-state index in [1.807, 2.05) is 30.3 Å². The van der Waals surface area contributed by atoms with Crippen LogP contribution in [-0.4, -0.2) is 27.0 Å². The van der Waals surface area contributed by atoms with E-state index in [9.17, 15) is 13.2 Å². The molecule has 5 nitrogen and oxygen atoms in total. The second-order valence-corrected chi connectivity index (χ2v) is 8.84. The normalized spacial score (nSPS) is 12.8. The fourth-order valence-electron chi connectivity index (χ4n) is 2.24. The Kier molecular flexibility index (Phi) is 7.25. The van der Waals surface area contributed by atoms with Crippen LogP contribution in [0.3, 0.4) is 0 Å². The topological polar surface area (TPSA) is 72.5 Å². The molecule has 1 atom stereocenters. The Morgan fingerprint density at radius 2 is 1.62 bits per heavy atom. The van der Waals surface area contributed by atoms with Gasteiger partial charge in [-0.2, -0.15) is 4.72 Å². The van der Waals surface area contributed by atoms with Crippen molar-refractivity contribution in [2.45, 2.75) is 41.5 Å². The molecular formula is C19H23NO4S2. The van der Waals surface area contributed by atoms with Crippen molar-refractivity contribution in [3.05, 3.63) is 54.6 Å². The molecule has 2 aromatic rings. The molecule has 0 fully saturated rings. The predicted molar refractivity (Wildman–Crippen MR) is 103 cm³/mol. The SMILES string of the molecule is CCOC(=O)[C@@H](NS(=O)(=O)c1ccc(Sc2ccccc2)cc1)C(C)C. The minimum absolute atomic E-state index is 0.116. The summed E-state index contributed by atoms with van der Waals surface area (Å²) >= 11 is 1.55. The highest BCUT2D eigenvalue weighted by molar-refractivity contribution is 7.99. The lowest BCUT2D eigenvalue weighted by molar-refractivity contribution is -0.146. The number of rotatable bonds is 8. The summed E-state index contributed by atoms with van der Waals surface area (Å²) in [6.07, 6.45) is 0. The van der Waals surface area contributed by atoms with E-state index < -0.39 is 22.0 Å². The van der Waals surface area contributed by atoms with Gasteiger partial charge in [0.15, 0.2) is 0 Å². The van der Waals surface area contributed by atoms with Crippen molar-refractivity contribution >= 4 is 27.8 Å². The second-order valence-electron chi connectivity index (χ2n) is 5.98. The van der Waals surface area contributed by atoms with Gasteiger partial charge in [0.2, 0.25) is 10.0 Å². The molecule has 0 spiro atoms. The zero-order valence-corrected chi connectivity index (χ0v) is 16.6. The largest absolute Gasteiger partial charge is 0.465 e. The van der Waals surface area contributed by atoms with Gasteiger partial charge in [-0.15, -0.1) is 0 Å². The van der Waals surface area contributed by atoms with E-state index in [0.717, 1.165) is 9.79 Å². The Balaban J connectivity index is 2.14. The first-order valence-corrected chi connectivity index (χ1v) is 10.7. The smallest absolute Gasteiger partial charge is 0.324 e. The van der Waals surface area contributed by atoms with Gasteiger partial charge in [-0.25, -0.2) is 8.42 Å². The lowest BCUT2D eigenvalue weighted by atomic mass is 10.1. The zero-order chi connectivity index (χ0) is 19.2. The molecule has 0 aliphatic carbocycles. The highest BCUT2D eigenvalue weighted by atomic mass is 32.2. The van der Waals surface area contributed by atoms with Gasteiger partial charge in [0.05, 0.1) is 11.5 Å². The van der Waals surface area contributed by atoms with Crippen molar-refractivity contribution in [1.82, 2.24) is 4.72 Å². The third-order valence-corrected chi connectivity index (χ3v) is 6.07. The van der Waals surface area contributed by atoms with Crippen LogP contribution in [0.2, 0.25) is 0 Å². The molecule has 2 aromatic carbocycles. The molecule has 26 heavy (non-hydrogen) atoms. The Hall–Kier alpha value is -1.83. The van der Waals surface area contributed by atoms with Crippen LogP contribution in [0.15, 0.2) is 69.3 Å². The molecule has 1 N–H and O–H groups in total. The van der Waals surface area contributed by atoms with Crippen molar-refractivity contribution < 1.29 is 17.9 Å². The third kappa shape index (κ3) is 5.59.